The number of aliphatic carboxylic acids is 1. The lowest BCUT2D eigenvalue weighted by atomic mass is 9.93. The normalized spacial score (nSPS) is 18.4. The van der Waals surface area contributed by atoms with Crippen molar-refractivity contribution in [3.8, 4) is 5.75 Å². The van der Waals surface area contributed by atoms with Crippen molar-refractivity contribution in [2.24, 2.45) is 0 Å². The van der Waals surface area contributed by atoms with Crippen molar-refractivity contribution in [2.45, 2.75) is 18.5 Å². The Bertz CT molecular complexity index is 424. The first-order valence-electron chi connectivity index (χ1n) is 5.86. The molecule has 0 spiro atoms. The Morgan fingerprint density at radius 3 is 2.33 bits per heavy atom. The molecule has 98 valence electrons. The molecule has 1 fully saturated rings. The summed E-state index contributed by atoms with van der Waals surface area (Å²) in [6, 6.07) is 7.46. The van der Waals surface area contributed by atoms with Gasteiger partial charge in [-0.3, -0.25) is 0 Å². The highest BCUT2D eigenvalue weighted by molar-refractivity contribution is 5.77. The molecule has 0 aliphatic carbocycles. The zero-order valence-corrected chi connectivity index (χ0v) is 10.2. The van der Waals surface area contributed by atoms with E-state index in [1.165, 1.54) is 0 Å². The van der Waals surface area contributed by atoms with E-state index in [2.05, 4.69) is 0 Å². The maximum absolute atomic E-state index is 13.9. The van der Waals surface area contributed by atoms with Gasteiger partial charge in [0.15, 0.2) is 0 Å². The van der Waals surface area contributed by atoms with Crippen LogP contribution < -0.4 is 9.64 Å². The molecule has 0 bridgehead atoms. The highest BCUT2D eigenvalue weighted by Crippen LogP contribution is 2.30. The number of hydrogen-bond acceptors (Lipinski definition) is 3. The maximum atomic E-state index is 13.9. The zero-order chi connectivity index (χ0) is 13.2. The minimum atomic E-state index is -2.07. The van der Waals surface area contributed by atoms with E-state index >= 15 is 0 Å². The SMILES string of the molecule is COc1ccc(N2CCC(F)(C(=O)O)CC2)cc1. The first kappa shape index (κ1) is 12.7. The van der Waals surface area contributed by atoms with E-state index in [4.69, 9.17) is 9.84 Å². The van der Waals surface area contributed by atoms with E-state index < -0.39 is 11.6 Å². The average Bonchev–Trinajstić information content (AvgIpc) is 2.40. The van der Waals surface area contributed by atoms with Gasteiger partial charge in [0.05, 0.1) is 7.11 Å². The first-order valence-corrected chi connectivity index (χ1v) is 5.86. The van der Waals surface area contributed by atoms with Gasteiger partial charge in [-0.1, -0.05) is 0 Å². The average molecular weight is 253 g/mol. The molecule has 0 unspecified atom stereocenters. The molecule has 1 aliphatic rings. The number of anilines is 1. The van der Waals surface area contributed by atoms with Gasteiger partial charge in [0, 0.05) is 31.6 Å². The fraction of sp³-hybridized carbons (Fsp3) is 0.462. The van der Waals surface area contributed by atoms with Gasteiger partial charge >= 0.3 is 5.97 Å². The van der Waals surface area contributed by atoms with E-state index in [1.807, 2.05) is 29.2 Å². The third-order valence-electron chi connectivity index (χ3n) is 3.38. The van der Waals surface area contributed by atoms with Crippen LogP contribution in [0.4, 0.5) is 10.1 Å². The van der Waals surface area contributed by atoms with Gasteiger partial charge in [0.25, 0.3) is 0 Å². The third kappa shape index (κ3) is 2.39. The second-order valence-electron chi connectivity index (χ2n) is 4.46. The number of methoxy groups -OCH3 is 1. The topological polar surface area (TPSA) is 49.8 Å². The largest absolute Gasteiger partial charge is 0.497 e. The fourth-order valence-electron chi connectivity index (χ4n) is 2.13. The number of carboxylic acids is 1. The van der Waals surface area contributed by atoms with Crippen LogP contribution in [-0.4, -0.2) is 36.9 Å². The second kappa shape index (κ2) is 4.84. The van der Waals surface area contributed by atoms with Crippen LogP contribution in [0.25, 0.3) is 0 Å². The number of hydrogen-bond donors (Lipinski definition) is 1. The molecule has 0 atom stereocenters. The summed E-state index contributed by atoms with van der Waals surface area (Å²) in [7, 11) is 1.60. The van der Waals surface area contributed by atoms with Gasteiger partial charge in [-0.25, -0.2) is 9.18 Å². The van der Waals surface area contributed by atoms with Gasteiger partial charge in [0.1, 0.15) is 5.75 Å². The summed E-state index contributed by atoms with van der Waals surface area (Å²) >= 11 is 0. The van der Waals surface area contributed by atoms with E-state index in [0.29, 0.717) is 13.1 Å². The minimum absolute atomic E-state index is 0.0222. The lowest BCUT2D eigenvalue weighted by molar-refractivity contribution is -0.152. The highest BCUT2D eigenvalue weighted by atomic mass is 19.1. The van der Waals surface area contributed by atoms with Crippen LogP contribution >= 0.6 is 0 Å². The molecule has 1 aromatic rings. The number of carbonyl (C=O) groups is 1. The van der Waals surface area contributed by atoms with Crippen LogP contribution in [0.15, 0.2) is 24.3 Å². The molecule has 0 amide bonds. The Kier molecular flexibility index (Phi) is 3.41. The molecule has 0 radical (unpaired) electrons. The summed E-state index contributed by atoms with van der Waals surface area (Å²) in [4.78, 5) is 12.8. The number of piperidine rings is 1. The molecular formula is C13H16FNO3. The molecule has 0 saturated carbocycles. The predicted molar refractivity (Wildman–Crippen MR) is 65.9 cm³/mol. The molecular weight excluding hydrogens is 237 g/mol. The Morgan fingerprint density at radius 2 is 1.89 bits per heavy atom. The minimum Gasteiger partial charge on any atom is -0.497 e. The summed E-state index contributed by atoms with van der Waals surface area (Å²) in [6.07, 6.45) is 0.0444. The van der Waals surface area contributed by atoms with Crippen molar-refractivity contribution in [2.75, 3.05) is 25.1 Å². The number of nitrogens with zero attached hydrogens (tertiary/aromatic N) is 1. The number of carboxylic acid groups (broad SMARTS) is 1. The molecule has 1 N–H and O–H groups in total. The van der Waals surface area contributed by atoms with Crippen molar-refractivity contribution >= 4 is 11.7 Å². The van der Waals surface area contributed by atoms with E-state index in [0.717, 1.165) is 11.4 Å². The number of benzene rings is 1. The molecule has 1 aliphatic heterocycles. The quantitative estimate of drug-likeness (QED) is 0.896. The van der Waals surface area contributed by atoms with Crippen LogP contribution in [0.5, 0.6) is 5.75 Å². The van der Waals surface area contributed by atoms with Gasteiger partial charge in [-0.2, -0.15) is 0 Å². The van der Waals surface area contributed by atoms with Gasteiger partial charge in [-0.05, 0) is 24.3 Å². The Morgan fingerprint density at radius 1 is 1.33 bits per heavy atom. The Balaban J connectivity index is 2.03. The molecule has 18 heavy (non-hydrogen) atoms. The number of halogens is 1. The summed E-state index contributed by atoms with van der Waals surface area (Å²) in [5, 5.41) is 8.81. The maximum Gasteiger partial charge on any atom is 0.341 e. The van der Waals surface area contributed by atoms with Crippen molar-refractivity contribution < 1.29 is 19.0 Å². The van der Waals surface area contributed by atoms with Crippen molar-refractivity contribution in [3.63, 3.8) is 0 Å². The van der Waals surface area contributed by atoms with Crippen LogP contribution in [0.3, 0.4) is 0 Å². The van der Waals surface area contributed by atoms with Crippen LogP contribution in [0.1, 0.15) is 12.8 Å². The molecule has 1 saturated heterocycles. The van der Waals surface area contributed by atoms with E-state index in [9.17, 15) is 9.18 Å². The zero-order valence-electron chi connectivity index (χ0n) is 10.2. The van der Waals surface area contributed by atoms with Crippen LogP contribution in [-0.2, 0) is 4.79 Å². The second-order valence-corrected chi connectivity index (χ2v) is 4.46. The van der Waals surface area contributed by atoms with E-state index in [-0.39, 0.29) is 12.8 Å². The number of ether oxygens (including phenoxy) is 1. The first-order chi connectivity index (χ1) is 8.55. The molecule has 5 heteroatoms. The summed E-state index contributed by atoms with van der Waals surface area (Å²) in [6.45, 7) is 0.824. The van der Waals surface area contributed by atoms with E-state index in [1.54, 1.807) is 7.11 Å². The Hall–Kier alpha value is -1.78. The standard InChI is InChI=1S/C13H16FNO3/c1-18-11-4-2-10(3-5-11)15-8-6-13(14,7-9-15)12(16)17/h2-5H,6-9H2,1H3,(H,16,17). The molecule has 1 aromatic carbocycles. The highest BCUT2D eigenvalue weighted by Gasteiger charge is 2.41. The van der Waals surface area contributed by atoms with Gasteiger partial charge < -0.3 is 14.7 Å². The molecule has 2 rings (SSSR count). The summed E-state index contributed by atoms with van der Waals surface area (Å²) in [5.41, 5.74) is -1.11. The van der Waals surface area contributed by atoms with Crippen molar-refractivity contribution in [1.82, 2.24) is 0 Å². The van der Waals surface area contributed by atoms with Crippen LogP contribution in [0, 0.1) is 0 Å². The van der Waals surface area contributed by atoms with Crippen molar-refractivity contribution in [3.05, 3.63) is 24.3 Å². The predicted octanol–water partition coefficient (Wildman–Crippen LogP) is 2.09. The lowest BCUT2D eigenvalue weighted by Crippen LogP contribution is -2.46. The smallest absolute Gasteiger partial charge is 0.341 e. The van der Waals surface area contributed by atoms with Crippen LogP contribution in [0.2, 0.25) is 0 Å². The fourth-order valence-corrected chi connectivity index (χ4v) is 2.13. The molecule has 1 heterocycles. The van der Waals surface area contributed by atoms with Gasteiger partial charge in [-0.15, -0.1) is 0 Å². The van der Waals surface area contributed by atoms with Gasteiger partial charge in [0.2, 0.25) is 5.67 Å². The van der Waals surface area contributed by atoms with Crippen molar-refractivity contribution in [1.29, 1.82) is 0 Å². The molecule has 0 aromatic heterocycles. The number of alkyl halides is 1. The number of rotatable bonds is 3. The lowest BCUT2D eigenvalue weighted by Gasteiger charge is -2.35. The summed E-state index contributed by atoms with van der Waals surface area (Å²) in [5.74, 6) is -0.585. The summed E-state index contributed by atoms with van der Waals surface area (Å²) < 4.78 is 18.9. The monoisotopic (exact) mass is 253 g/mol. The molecule has 4 nitrogen and oxygen atoms in total. The third-order valence-corrected chi connectivity index (χ3v) is 3.38. The Labute approximate surface area is 105 Å².